The number of rotatable bonds is 6. The Bertz CT molecular complexity index is 732. The second-order valence-corrected chi connectivity index (χ2v) is 6.49. The van der Waals surface area contributed by atoms with Crippen molar-refractivity contribution in [2.45, 2.75) is 44.6 Å². The van der Waals surface area contributed by atoms with Crippen LogP contribution in [0.2, 0.25) is 0 Å². The van der Waals surface area contributed by atoms with E-state index in [1.807, 2.05) is 0 Å². The van der Waals surface area contributed by atoms with Gasteiger partial charge < -0.3 is 4.74 Å². The second kappa shape index (κ2) is 7.40. The van der Waals surface area contributed by atoms with Crippen LogP contribution in [0.4, 0.5) is 8.78 Å². The summed E-state index contributed by atoms with van der Waals surface area (Å²) >= 11 is 0. The maximum absolute atomic E-state index is 13.5. The minimum absolute atomic E-state index is 0.0730. The lowest BCUT2D eigenvalue weighted by Crippen LogP contribution is -2.09. The highest BCUT2D eigenvalue weighted by Crippen LogP contribution is 2.29. The SMILES string of the molecule is CC(F)(F)c1ccnc(-c2ccc(C(=O)CCC3CCCO3)cc2)c1. The van der Waals surface area contributed by atoms with E-state index in [0.29, 0.717) is 23.2 Å². The Hall–Kier alpha value is -2.14. The zero-order chi connectivity index (χ0) is 17.9. The molecule has 0 radical (unpaired) electrons. The highest BCUT2D eigenvalue weighted by Gasteiger charge is 2.24. The van der Waals surface area contributed by atoms with Crippen LogP contribution in [0.1, 0.15) is 48.5 Å². The Morgan fingerprint density at radius 1 is 1.28 bits per heavy atom. The van der Waals surface area contributed by atoms with E-state index in [1.165, 1.54) is 18.3 Å². The highest BCUT2D eigenvalue weighted by atomic mass is 19.3. The molecule has 1 atom stereocenters. The van der Waals surface area contributed by atoms with Gasteiger partial charge in [-0.15, -0.1) is 0 Å². The number of nitrogens with zero attached hydrogens (tertiary/aromatic N) is 1. The molecule has 25 heavy (non-hydrogen) atoms. The first-order valence-corrected chi connectivity index (χ1v) is 8.53. The van der Waals surface area contributed by atoms with Crippen LogP contribution < -0.4 is 0 Å². The molecule has 0 aliphatic carbocycles. The molecule has 132 valence electrons. The van der Waals surface area contributed by atoms with Crippen LogP contribution in [0, 0.1) is 0 Å². The van der Waals surface area contributed by atoms with Crippen molar-refractivity contribution in [1.82, 2.24) is 4.98 Å². The first-order valence-electron chi connectivity index (χ1n) is 8.53. The number of alkyl halides is 2. The largest absolute Gasteiger partial charge is 0.378 e. The molecule has 0 N–H and O–H groups in total. The molecule has 0 bridgehead atoms. The van der Waals surface area contributed by atoms with Crippen LogP contribution >= 0.6 is 0 Å². The smallest absolute Gasteiger partial charge is 0.270 e. The number of ether oxygens (including phenoxy) is 1. The number of carbonyl (C=O) groups is 1. The molecule has 3 rings (SSSR count). The van der Waals surface area contributed by atoms with E-state index in [-0.39, 0.29) is 17.5 Å². The molecule has 0 saturated carbocycles. The minimum Gasteiger partial charge on any atom is -0.378 e. The van der Waals surface area contributed by atoms with Gasteiger partial charge in [0.25, 0.3) is 5.92 Å². The van der Waals surface area contributed by atoms with Gasteiger partial charge in [0.05, 0.1) is 11.8 Å². The average molecular weight is 345 g/mol. The van der Waals surface area contributed by atoms with Crippen LogP contribution in [0.25, 0.3) is 11.3 Å². The number of hydrogen-bond acceptors (Lipinski definition) is 3. The molecule has 1 unspecified atom stereocenters. The summed E-state index contributed by atoms with van der Waals surface area (Å²) in [6.07, 6.45) is 4.87. The monoisotopic (exact) mass is 345 g/mol. The van der Waals surface area contributed by atoms with Gasteiger partial charge in [-0.3, -0.25) is 9.78 Å². The van der Waals surface area contributed by atoms with Crippen LogP contribution in [0.5, 0.6) is 0 Å². The molecule has 1 aromatic heterocycles. The second-order valence-electron chi connectivity index (χ2n) is 6.49. The summed E-state index contributed by atoms with van der Waals surface area (Å²) in [5.74, 6) is -2.83. The van der Waals surface area contributed by atoms with Gasteiger partial charge in [-0.1, -0.05) is 24.3 Å². The number of benzene rings is 1. The summed E-state index contributed by atoms with van der Waals surface area (Å²) in [5, 5.41) is 0. The summed E-state index contributed by atoms with van der Waals surface area (Å²) in [6.45, 7) is 1.65. The molecule has 1 fully saturated rings. The quantitative estimate of drug-likeness (QED) is 0.692. The molecule has 5 heteroatoms. The molecule has 2 aromatic rings. The maximum Gasteiger partial charge on any atom is 0.270 e. The van der Waals surface area contributed by atoms with E-state index in [2.05, 4.69) is 4.98 Å². The Balaban J connectivity index is 1.68. The number of ketones is 1. The van der Waals surface area contributed by atoms with Gasteiger partial charge in [0.1, 0.15) is 0 Å². The van der Waals surface area contributed by atoms with Crippen LogP contribution in [-0.2, 0) is 10.7 Å². The van der Waals surface area contributed by atoms with Gasteiger partial charge in [0.2, 0.25) is 0 Å². The lowest BCUT2D eigenvalue weighted by Gasteiger charge is -2.12. The van der Waals surface area contributed by atoms with Gasteiger partial charge in [-0.05, 0) is 31.4 Å². The number of halogens is 2. The van der Waals surface area contributed by atoms with Crippen molar-refractivity contribution in [2.24, 2.45) is 0 Å². The van der Waals surface area contributed by atoms with E-state index < -0.39 is 5.92 Å². The van der Waals surface area contributed by atoms with Crippen LogP contribution in [0.3, 0.4) is 0 Å². The van der Waals surface area contributed by atoms with Crippen molar-refractivity contribution in [3.8, 4) is 11.3 Å². The summed E-state index contributed by atoms with van der Waals surface area (Å²) in [7, 11) is 0. The molecule has 1 saturated heterocycles. The van der Waals surface area contributed by atoms with Crippen LogP contribution in [-0.4, -0.2) is 23.5 Å². The van der Waals surface area contributed by atoms with Gasteiger partial charge in [-0.25, -0.2) is 8.78 Å². The maximum atomic E-state index is 13.5. The van der Waals surface area contributed by atoms with Crippen molar-refractivity contribution in [3.63, 3.8) is 0 Å². The first-order chi connectivity index (χ1) is 11.9. The molecular formula is C20H21F2NO2. The van der Waals surface area contributed by atoms with Gasteiger partial charge in [0, 0.05) is 42.8 Å². The van der Waals surface area contributed by atoms with Crippen molar-refractivity contribution >= 4 is 5.78 Å². The molecule has 0 amide bonds. The normalized spacial score (nSPS) is 17.6. The predicted molar refractivity (Wildman–Crippen MR) is 91.8 cm³/mol. The van der Waals surface area contributed by atoms with Crippen molar-refractivity contribution in [1.29, 1.82) is 0 Å². The molecule has 1 aromatic carbocycles. The molecule has 3 nitrogen and oxygen atoms in total. The molecule has 1 aliphatic rings. The zero-order valence-corrected chi connectivity index (χ0v) is 14.2. The highest BCUT2D eigenvalue weighted by molar-refractivity contribution is 5.96. The standard InChI is InChI=1S/C20H21F2NO2/c1-20(21,22)16-10-11-23-18(13-16)14-4-6-15(7-5-14)19(24)9-8-17-3-2-12-25-17/h4-7,10-11,13,17H,2-3,8-9,12H2,1H3. The van der Waals surface area contributed by atoms with E-state index in [1.54, 1.807) is 24.3 Å². The number of Topliss-reactive ketones (excluding diaryl/α,β-unsaturated/α-hetero) is 1. The summed E-state index contributed by atoms with van der Waals surface area (Å²) in [6, 6.07) is 9.65. The molecule has 2 heterocycles. The zero-order valence-electron chi connectivity index (χ0n) is 14.2. The number of aromatic nitrogens is 1. The molecule has 1 aliphatic heterocycles. The summed E-state index contributed by atoms with van der Waals surface area (Å²) in [4.78, 5) is 16.4. The fourth-order valence-electron chi connectivity index (χ4n) is 3.00. The van der Waals surface area contributed by atoms with E-state index >= 15 is 0 Å². The third kappa shape index (κ3) is 4.48. The van der Waals surface area contributed by atoms with Crippen molar-refractivity contribution in [3.05, 3.63) is 53.7 Å². The topological polar surface area (TPSA) is 39.2 Å². The lowest BCUT2D eigenvalue weighted by molar-refractivity contribution is 0.0174. The molecule has 0 spiro atoms. The van der Waals surface area contributed by atoms with E-state index in [4.69, 9.17) is 4.74 Å². The van der Waals surface area contributed by atoms with E-state index in [9.17, 15) is 13.6 Å². The Labute approximate surface area is 146 Å². The fraction of sp³-hybridized carbons (Fsp3) is 0.400. The average Bonchev–Trinajstić information content (AvgIpc) is 3.13. The first kappa shape index (κ1) is 17.7. The van der Waals surface area contributed by atoms with Gasteiger partial charge >= 0.3 is 0 Å². The van der Waals surface area contributed by atoms with Gasteiger partial charge in [-0.2, -0.15) is 0 Å². The Kier molecular flexibility index (Phi) is 5.23. The third-order valence-electron chi connectivity index (χ3n) is 4.49. The number of hydrogen-bond donors (Lipinski definition) is 0. The van der Waals surface area contributed by atoms with Gasteiger partial charge in [0.15, 0.2) is 5.78 Å². The minimum atomic E-state index is -2.91. The van der Waals surface area contributed by atoms with Crippen molar-refractivity contribution < 1.29 is 18.3 Å². The summed E-state index contributed by atoms with van der Waals surface area (Å²) < 4.78 is 32.4. The fourth-order valence-corrected chi connectivity index (χ4v) is 3.00. The number of pyridine rings is 1. The molecular weight excluding hydrogens is 324 g/mol. The van der Waals surface area contributed by atoms with Crippen LogP contribution in [0.15, 0.2) is 42.6 Å². The Morgan fingerprint density at radius 2 is 2.04 bits per heavy atom. The third-order valence-corrected chi connectivity index (χ3v) is 4.49. The number of carbonyl (C=O) groups excluding carboxylic acids is 1. The Morgan fingerprint density at radius 3 is 2.68 bits per heavy atom. The van der Waals surface area contributed by atoms with Crippen molar-refractivity contribution in [2.75, 3.05) is 6.61 Å². The van der Waals surface area contributed by atoms with E-state index in [0.717, 1.165) is 32.8 Å². The summed E-state index contributed by atoms with van der Waals surface area (Å²) in [5.41, 5.74) is 1.73. The predicted octanol–water partition coefficient (Wildman–Crippen LogP) is 5.00. The lowest BCUT2D eigenvalue weighted by atomic mass is 10.0.